The number of pyridine rings is 1. The number of aryl methyl sites for hydroxylation is 1. The van der Waals surface area contributed by atoms with E-state index in [4.69, 9.17) is 21.1 Å². The molecule has 0 aliphatic rings. The van der Waals surface area contributed by atoms with Crippen molar-refractivity contribution in [2.45, 2.75) is 13.8 Å². The molecule has 0 saturated heterocycles. The summed E-state index contributed by atoms with van der Waals surface area (Å²) in [5.41, 5.74) is 3.38. The molecular weight excluding hydrogens is 410 g/mol. The summed E-state index contributed by atoms with van der Waals surface area (Å²) in [5.74, 6) is -0.158. The standard InChI is InChI=1S/C22H18ClNO4S/c1-4-28-22(26)16-15-11-12(2)9-10-24(15)17-19(27-3)21(29-20(16)17)18(25)13-5-7-14(23)8-6-13/h5-11H,4H2,1-3H3. The van der Waals surface area contributed by atoms with Gasteiger partial charge in [0, 0.05) is 16.8 Å². The molecule has 0 fully saturated rings. The van der Waals surface area contributed by atoms with Crippen LogP contribution in [0.1, 0.15) is 38.1 Å². The molecule has 5 nitrogen and oxygen atoms in total. The average Bonchev–Trinajstić information content (AvgIpc) is 3.21. The first-order valence-corrected chi connectivity index (χ1v) is 10.2. The minimum absolute atomic E-state index is 0.185. The summed E-state index contributed by atoms with van der Waals surface area (Å²) in [4.78, 5) is 26.4. The van der Waals surface area contributed by atoms with Crippen molar-refractivity contribution in [1.29, 1.82) is 0 Å². The first-order chi connectivity index (χ1) is 14.0. The molecule has 0 bridgehead atoms. The number of nitrogens with zero attached hydrogens (tertiary/aromatic N) is 1. The lowest BCUT2D eigenvalue weighted by Gasteiger charge is -2.06. The number of ether oxygens (including phenoxy) is 2. The molecule has 4 rings (SSSR count). The van der Waals surface area contributed by atoms with Gasteiger partial charge < -0.3 is 13.9 Å². The van der Waals surface area contributed by atoms with E-state index in [-0.39, 0.29) is 12.4 Å². The fourth-order valence-corrected chi connectivity index (χ4v) is 4.77. The molecule has 0 atom stereocenters. The van der Waals surface area contributed by atoms with E-state index in [9.17, 15) is 9.59 Å². The minimum Gasteiger partial charge on any atom is -0.493 e. The van der Waals surface area contributed by atoms with Gasteiger partial charge in [-0.15, -0.1) is 11.3 Å². The molecule has 0 radical (unpaired) electrons. The maximum atomic E-state index is 13.2. The predicted octanol–water partition coefficient (Wildman–Crippen LogP) is 5.53. The van der Waals surface area contributed by atoms with E-state index in [1.165, 1.54) is 18.4 Å². The van der Waals surface area contributed by atoms with E-state index in [2.05, 4.69) is 0 Å². The highest BCUT2D eigenvalue weighted by molar-refractivity contribution is 7.22. The van der Waals surface area contributed by atoms with Crippen molar-refractivity contribution in [3.8, 4) is 5.75 Å². The van der Waals surface area contributed by atoms with Crippen LogP contribution in [0.2, 0.25) is 5.02 Å². The van der Waals surface area contributed by atoms with Gasteiger partial charge in [0.2, 0.25) is 5.78 Å². The van der Waals surface area contributed by atoms with Crippen molar-refractivity contribution < 1.29 is 19.1 Å². The third kappa shape index (κ3) is 3.18. The molecule has 0 N–H and O–H groups in total. The first-order valence-electron chi connectivity index (χ1n) is 9.04. The number of hydrogen-bond acceptors (Lipinski definition) is 5. The second kappa shape index (κ2) is 7.54. The van der Waals surface area contributed by atoms with E-state index in [0.29, 0.717) is 37.0 Å². The third-order valence-corrected chi connectivity index (χ3v) is 6.10. The van der Waals surface area contributed by atoms with Gasteiger partial charge in [-0.25, -0.2) is 4.79 Å². The molecule has 0 aliphatic heterocycles. The summed E-state index contributed by atoms with van der Waals surface area (Å²) in [6.07, 6.45) is 1.88. The number of esters is 1. The predicted molar refractivity (Wildman–Crippen MR) is 115 cm³/mol. The fourth-order valence-electron chi connectivity index (χ4n) is 3.38. The van der Waals surface area contributed by atoms with Crippen LogP contribution in [-0.4, -0.2) is 29.9 Å². The van der Waals surface area contributed by atoms with E-state index in [1.807, 2.05) is 29.7 Å². The summed E-state index contributed by atoms with van der Waals surface area (Å²) < 4.78 is 13.5. The molecule has 4 aromatic rings. The van der Waals surface area contributed by atoms with E-state index in [0.717, 1.165) is 11.1 Å². The normalized spacial score (nSPS) is 11.2. The Morgan fingerprint density at radius 1 is 1.17 bits per heavy atom. The van der Waals surface area contributed by atoms with Crippen LogP contribution in [-0.2, 0) is 4.74 Å². The fraction of sp³-hybridized carbons (Fsp3) is 0.182. The Labute approximate surface area is 176 Å². The lowest BCUT2D eigenvalue weighted by molar-refractivity contribution is 0.0531. The Morgan fingerprint density at radius 3 is 2.55 bits per heavy atom. The van der Waals surface area contributed by atoms with E-state index in [1.54, 1.807) is 31.2 Å². The van der Waals surface area contributed by atoms with Gasteiger partial charge in [0.1, 0.15) is 16.0 Å². The van der Waals surface area contributed by atoms with Crippen molar-refractivity contribution in [3.63, 3.8) is 0 Å². The number of ketones is 1. The topological polar surface area (TPSA) is 57.0 Å². The molecule has 0 amide bonds. The highest BCUT2D eigenvalue weighted by Crippen LogP contribution is 2.43. The third-order valence-electron chi connectivity index (χ3n) is 4.67. The van der Waals surface area contributed by atoms with Crippen LogP contribution < -0.4 is 4.74 Å². The van der Waals surface area contributed by atoms with Gasteiger partial charge in [0.15, 0.2) is 5.75 Å². The smallest absolute Gasteiger partial charge is 0.341 e. The van der Waals surface area contributed by atoms with E-state index < -0.39 is 5.97 Å². The van der Waals surface area contributed by atoms with Crippen LogP contribution in [0.5, 0.6) is 5.75 Å². The van der Waals surface area contributed by atoms with Crippen molar-refractivity contribution >= 4 is 50.4 Å². The summed E-state index contributed by atoms with van der Waals surface area (Å²) in [5, 5.41) is 0.556. The number of halogens is 1. The van der Waals surface area contributed by atoms with Crippen molar-refractivity contribution in [3.05, 3.63) is 69.2 Å². The second-order valence-electron chi connectivity index (χ2n) is 6.53. The summed E-state index contributed by atoms with van der Waals surface area (Å²) in [7, 11) is 1.53. The second-order valence-corrected chi connectivity index (χ2v) is 7.99. The maximum Gasteiger partial charge on any atom is 0.341 e. The van der Waals surface area contributed by atoms with Crippen LogP contribution in [0.4, 0.5) is 0 Å². The van der Waals surface area contributed by atoms with Crippen LogP contribution in [0, 0.1) is 6.92 Å². The summed E-state index contributed by atoms with van der Waals surface area (Å²) in [6.45, 7) is 3.99. The molecule has 0 spiro atoms. The highest BCUT2D eigenvalue weighted by Gasteiger charge is 2.29. The molecular formula is C22H18ClNO4S. The van der Waals surface area contributed by atoms with Crippen molar-refractivity contribution in [2.24, 2.45) is 0 Å². The van der Waals surface area contributed by atoms with Gasteiger partial charge in [0.25, 0.3) is 0 Å². The monoisotopic (exact) mass is 427 g/mol. The molecule has 0 aliphatic carbocycles. The van der Waals surface area contributed by atoms with Crippen LogP contribution in [0.15, 0.2) is 42.6 Å². The number of hydrogen-bond donors (Lipinski definition) is 0. The Morgan fingerprint density at radius 2 is 1.90 bits per heavy atom. The van der Waals surface area contributed by atoms with Gasteiger partial charge in [0.05, 0.1) is 23.9 Å². The minimum atomic E-state index is -0.417. The number of thiophene rings is 1. The van der Waals surface area contributed by atoms with Gasteiger partial charge in [-0.3, -0.25) is 4.79 Å². The largest absolute Gasteiger partial charge is 0.493 e. The van der Waals surface area contributed by atoms with E-state index >= 15 is 0 Å². The number of rotatable bonds is 5. The van der Waals surface area contributed by atoms with Crippen LogP contribution in [0.3, 0.4) is 0 Å². The quantitative estimate of drug-likeness (QED) is 0.310. The molecule has 3 heterocycles. The SMILES string of the molecule is CCOC(=O)c1c2sc(C(=O)c3ccc(Cl)cc3)c(OC)c2n2ccc(C)cc12. The molecule has 29 heavy (non-hydrogen) atoms. The van der Waals surface area contributed by atoms with Gasteiger partial charge in [-0.2, -0.15) is 0 Å². The molecule has 148 valence electrons. The van der Waals surface area contributed by atoms with Crippen molar-refractivity contribution in [2.75, 3.05) is 13.7 Å². The zero-order valence-corrected chi connectivity index (χ0v) is 17.7. The maximum absolute atomic E-state index is 13.2. The zero-order valence-electron chi connectivity index (χ0n) is 16.1. The van der Waals surface area contributed by atoms with Crippen LogP contribution in [0.25, 0.3) is 15.7 Å². The Bertz CT molecular complexity index is 1250. The number of aromatic nitrogens is 1. The summed E-state index contributed by atoms with van der Waals surface area (Å²) >= 11 is 7.18. The lowest BCUT2D eigenvalue weighted by Crippen LogP contribution is -2.04. The highest BCUT2D eigenvalue weighted by atomic mass is 35.5. The van der Waals surface area contributed by atoms with Gasteiger partial charge in [-0.05, 0) is 55.8 Å². The number of methoxy groups -OCH3 is 1. The zero-order chi connectivity index (χ0) is 20.7. The lowest BCUT2D eigenvalue weighted by atomic mass is 10.1. The number of carbonyl (C=O) groups excluding carboxylic acids is 2. The average molecular weight is 428 g/mol. The Kier molecular flexibility index (Phi) is 5.06. The van der Waals surface area contributed by atoms with Crippen molar-refractivity contribution in [1.82, 2.24) is 4.40 Å². The molecule has 0 saturated carbocycles. The molecule has 7 heteroatoms. The van der Waals surface area contributed by atoms with Crippen LogP contribution >= 0.6 is 22.9 Å². The number of carbonyl (C=O) groups is 2. The Balaban J connectivity index is 2.01. The number of benzene rings is 1. The number of fused-ring (bicyclic) bond motifs is 3. The molecule has 3 aromatic heterocycles. The first kappa shape index (κ1) is 19.5. The molecule has 0 unspecified atom stereocenters. The molecule has 1 aromatic carbocycles. The Hall–Kier alpha value is -2.83. The summed E-state index contributed by atoms with van der Waals surface area (Å²) in [6, 6.07) is 10.6. The van der Waals surface area contributed by atoms with Gasteiger partial charge in [-0.1, -0.05) is 11.6 Å². The van der Waals surface area contributed by atoms with Gasteiger partial charge >= 0.3 is 5.97 Å².